The number of carbonyl (C=O) groups is 1. The van der Waals surface area contributed by atoms with Crippen molar-refractivity contribution < 1.29 is 14.6 Å². The number of hydrogen-bond acceptors (Lipinski definition) is 4. The number of carboxylic acids is 1. The standard InChI is InChI=1S/C13H12Cl2N2O3/c1-6-9(12(18)19)11(17-13(16-6)20-2)7-4-3-5-8(14)10(7)15/h3-5,11H,1-2H3,(H,16,17)(H,18,19). The Hall–Kier alpha value is -1.72. The molecule has 0 bridgehead atoms. The van der Waals surface area contributed by atoms with Gasteiger partial charge in [0.1, 0.15) is 6.04 Å². The number of benzene rings is 1. The molecule has 0 saturated carbocycles. The minimum absolute atomic E-state index is 0.106. The summed E-state index contributed by atoms with van der Waals surface area (Å²) in [5, 5.41) is 12.8. The predicted molar refractivity (Wildman–Crippen MR) is 77.1 cm³/mol. The molecule has 106 valence electrons. The maximum atomic E-state index is 11.5. The maximum absolute atomic E-state index is 11.5. The zero-order valence-electron chi connectivity index (χ0n) is 10.8. The van der Waals surface area contributed by atoms with Crippen molar-refractivity contribution in [3.8, 4) is 0 Å². The SMILES string of the molecule is COC1=NC(c2cccc(Cl)c2Cl)C(C(=O)O)=C(C)N1. The Morgan fingerprint density at radius 3 is 2.75 bits per heavy atom. The van der Waals surface area contributed by atoms with Gasteiger partial charge >= 0.3 is 5.97 Å². The van der Waals surface area contributed by atoms with E-state index in [9.17, 15) is 9.90 Å². The Morgan fingerprint density at radius 2 is 2.15 bits per heavy atom. The van der Waals surface area contributed by atoms with Crippen molar-refractivity contribution in [2.24, 2.45) is 4.99 Å². The molecule has 0 spiro atoms. The van der Waals surface area contributed by atoms with Gasteiger partial charge in [0.05, 0.1) is 22.7 Å². The van der Waals surface area contributed by atoms with Crippen LogP contribution in [0.15, 0.2) is 34.5 Å². The molecular formula is C13H12Cl2N2O3. The van der Waals surface area contributed by atoms with Crippen LogP contribution in [0.2, 0.25) is 10.0 Å². The second kappa shape index (κ2) is 5.73. The van der Waals surface area contributed by atoms with Crippen LogP contribution in [0, 0.1) is 0 Å². The molecule has 0 aliphatic carbocycles. The molecular weight excluding hydrogens is 303 g/mol. The Kier molecular flexibility index (Phi) is 4.20. The molecule has 1 aromatic rings. The lowest BCUT2D eigenvalue weighted by atomic mass is 9.96. The molecule has 5 nitrogen and oxygen atoms in total. The first-order valence-electron chi connectivity index (χ1n) is 5.72. The number of aliphatic carboxylic acids is 1. The van der Waals surface area contributed by atoms with Gasteiger partial charge in [-0.15, -0.1) is 0 Å². The van der Waals surface area contributed by atoms with Crippen LogP contribution in [0.3, 0.4) is 0 Å². The largest absolute Gasteiger partial charge is 0.478 e. The number of halogens is 2. The van der Waals surface area contributed by atoms with Crippen LogP contribution in [0.1, 0.15) is 18.5 Å². The topological polar surface area (TPSA) is 70.9 Å². The third kappa shape index (κ3) is 2.59. The van der Waals surface area contributed by atoms with Gasteiger partial charge in [0.25, 0.3) is 6.02 Å². The smallest absolute Gasteiger partial charge is 0.335 e. The van der Waals surface area contributed by atoms with E-state index >= 15 is 0 Å². The number of carboxylic acid groups (broad SMARTS) is 1. The van der Waals surface area contributed by atoms with E-state index in [2.05, 4.69) is 10.3 Å². The van der Waals surface area contributed by atoms with Gasteiger partial charge < -0.3 is 15.2 Å². The highest BCUT2D eigenvalue weighted by molar-refractivity contribution is 6.42. The number of rotatable bonds is 2. The second-order valence-corrected chi connectivity index (χ2v) is 4.94. The van der Waals surface area contributed by atoms with Gasteiger partial charge in [-0.3, -0.25) is 0 Å². The lowest BCUT2D eigenvalue weighted by Gasteiger charge is -2.24. The number of aliphatic imine (C=N–C) groups is 1. The number of hydrogen-bond donors (Lipinski definition) is 2. The van der Waals surface area contributed by atoms with E-state index in [1.54, 1.807) is 25.1 Å². The summed E-state index contributed by atoms with van der Waals surface area (Å²) in [6, 6.07) is 4.48. The van der Waals surface area contributed by atoms with Gasteiger partial charge in [0.15, 0.2) is 0 Å². The van der Waals surface area contributed by atoms with E-state index in [1.807, 2.05) is 0 Å². The average molecular weight is 315 g/mol. The van der Waals surface area contributed by atoms with Gasteiger partial charge in [-0.1, -0.05) is 35.3 Å². The Bertz CT molecular complexity index is 626. The summed E-state index contributed by atoms with van der Waals surface area (Å²) in [6.07, 6.45) is 0. The van der Waals surface area contributed by atoms with Crippen LogP contribution >= 0.6 is 23.2 Å². The molecule has 1 aliphatic heterocycles. The van der Waals surface area contributed by atoms with Crippen molar-refractivity contribution in [1.82, 2.24) is 5.32 Å². The van der Waals surface area contributed by atoms with Gasteiger partial charge in [0.2, 0.25) is 0 Å². The highest BCUT2D eigenvalue weighted by Gasteiger charge is 2.31. The lowest BCUT2D eigenvalue weighted by Crippen LogP contribution is -2.32. The molecule has 1 atom stereocenters. The monoisotopic (exact) mass is 314 g/mol. The van der Waals surface area contributed by atoms with Gasteiger partial charge in [-0.2, -0.15) is 0 Å². The Morgan fingerprint density at radius 1 is 1.45 bits per heavy atom. The van der Waals surface area contributed by atoms with Crippen LogP contribution in [0.5, 0.6) is 0 Å². The molecule has 0 saturated heterocycles. The molecule has 0 aromatic heterocycles. The molecule has 0 amide bonds. The number of nitrogens with one attached hydrogen (secondary N) is 1. The minimum atomic E-state index is -1.07. The Labute approximate surface area is 125 Å². The van der Waals surface area contributed by atoms with Crippen LogP contribution in [0.4, 0.5) is 0 Å². The molecule has 0 radical (unpaired) electrons. The third-order valence-corrected chi connectivity index (χ3v) is 3.75. The van der Waals surface area contributed by atoms with E-state index in [-0.39, 0.29) is 16.6 Å². The maximum Gasteiger partial charge on any atom is 0.335 e. The predicted octanol–water partition coefficient (Wildman–Crippen LogP) is 3.00. The molecule has 20 heavy (non-hydrogen) atoms. The van der Waals surface area contributed by atoms with Crippen molar-refractivity contribution in [2.75, 3.05) is 7.11 Å². The van der Waals surface area contributed by atoms with Crippen molar-refractivity contribution >= 4 is 35.2 Å². The van der Waals surface area contributed by atoms with Crippen molar-refractivity contribution in [1.29, 1.82) is 0 Å². The van der Waals surface area contributed by atoms with Gasteiger partial charge in [-0.05, 0) is 13.0 Å². The Balaban J connectivity index is 2.60. The fraction of sp³-hybridized carbons (Fsp3) is 0.231. The summed E-state index contributed by atoms with van der Waals surface area (Å²) in [6.45, 7) is 1.64. The van der Waals surface area contributed by atoms with E-state index < -0.39 is 12.0 Å². The first kappa shape index (κ1) is 14.7. The van der Waals surface area contributed by atoms with Gasteiger partial charge in [-0.25, -0.2) is 9.79 Å². The molecule has 7 heteroatoms. The van der Waals surface area contributed by atoms with E-state index in [4.69, 9.17) is 27.9 Å². The summed E-state index contributed by atoms with van der Waals surface area (Å²) in [7, 11) is 1.45. The first-order chi connectivity index (χ1) is 9.45. The quantitative estimate of drug-likeness (QED) is 0.880. The molecule has 0 fully saturated rings. The summed E-state index contributed by atoms with van der Waals surface area (Å²) in [5.41, 5.74) is 1.08. The zero-order chi connectivity index (χ0) is 14.9. The number of allylic oxidation sites excluding steroid dienone is 1. The highest BCUT2D eigenvalue weighted by Crippen LogP contribution is 2.37. The van der Waals surface area contributed by atoms with Crippen molar-refractivity contribution in [2.45, 2.75) is 13.0 Å². The van der Waals surface area contributed by atoms with E-state index in [0.29, 0.717) is 16.3 Å². The molecule has 2 N–H and O–H groups in total. The molecule has 2 rings (SSSR count). The number of methoxy groups -OCH3 is 1. The first-order valence-corrected chi connectivity index (χ1v) is 6.48. The third-order valence-electron chi connectivity index (χ3n) is 2.92. The minimum Gasteiger partial charge on any atom is -0.478 e. The van der Waals surface area contributed by atoms with E-state index in [1.165, 1.54) is 7.11 Å². The molecule has 1 unspecified atom stereocenters. The van der Waals surface area contributed by atoms with Crippen molar-refractivity contribution in [3.05, 3.63) is 45.1 Å². The molecule has 1 aromatic carbocycles. The van der Waals surface area contributed by atoms with Crippen LogP contribution in [-0.2, 0) is 9.53 Å². The summed E-state index contributed by atoms with van der Waals surface area (Å²) >= 11 is 12.1. The average Bonchev–Trinajstić information content (AvgIpc) is 2.40. The highest BCUT2D eigenvalue weighted by atomic mass is 35.5. The van der Waals surface area contributed by atoms with Gasteiger partial charge in [0, 0.05) is 11.3 Å². The number of ether oxygens (including phenoxy) is 1. The summed E-state index contributed by atoms with van der Waals surface area (Å²) in [5.74, 6) is -1.07. The second-order valence-electron chi connectivity index (χ2n) is 4.15. The fourth-order valence-corrected chi connectivity index (χ4v) is 2.40. The lowest BCUT2D eigenvalue weighted by molar-refractivity contribution is -0.133. The number of nitrogens with zero attached hydrogens (tertiary/aromatic N) is 1. The zero-order valence-corrected chi connectivity index (χ0v) is 12.3. The summed E-state index contributed by atoms with van der Waals surface area (Å²) in [4.78, 5) is 15.7. The van der Waals surface area contributed by atoms with E-state index in [0.717, 1.165) is 0 Å². The van der Waals surface area contributed by atoms with Crippen LogP contribution in [-0.4, -0.2) is 24.2 Å². The fourth-order valence-electron chi connectivity index (χ4n) is 1.98. The van der Waals surface area contributed by atoms with Crippen LogP contribution < -0.4 is 5.32 Å². The van der Waals surface area contributed by atoms with Crippen molar-refractivity contribution in [3.63, 3.8) is 0 Å². The molecule has 1 heterocycles. The summed E-state index contributed by atoms with van der Waals surface area (Å²) < 4.78 is 5.05. The number of amidine groups is 1. The normalized spacial score (nSPS) is 18.4. The molecule has 1 aliphatic rings. The van der Waals surface area contributed by atoms with Crippen LogP contribution in [0.25, 0.3) is 0 Å².